The molecule has 3 aliphatic rings. The Balaban J connectivity index is 1.72. The van der Waals surface area contributed by atoms with E-state index in [2.05, 4.69) is 27.9 Å². The quantitative estimate of drug-likeness (QED) is 0.320. The predicted molar refractivity (Wildman–Crippen MR) is 110 cm³/mol. The van der Waals surface area contributed by atoms with Gasteiger partial charge in [-0.15, -0.1) is 0 Å². The molecule has 0 amide bonds. The van der Waals surface area contributed by atoms with Gasteiger partial charge in [-0.3, -0.25) is 10.4 Å². The number of rotatable bonds is 6. The summed E-state index contributed by atoms with van der Waals surface area (Å²) in [5.74, 6) is 0.944. The molecule has 0 spiro atoms. The first kappa shape index (κ1) is 18.4. The molecule has 7 nitrogen and oxygen atoms in total. The molecule has 0 radical (unpaired) electrons. The van der Waals surface area contributed by atoms with Gasteiger partial charge in [0.25, 0.3) is 0 Å². The van der Waals surface area contributed by atoms with Gasteiger partial charge in [0.15, 0.2) is 0 Å². The zero-order valence-electron chi connectivity index (χ0n) is 15.6. The average molecular weight is 363 g/mol. The van der Waals surface area contributed by atoms with Gasteiger partial charge in [0.2, 0.25) is 0 Å². The summed E-state index contributed by atoms with van der Waals surface area (Å²) < 4.78 is 0. The highest BCUT2D eigenvalue weighted by atomic mass is 15.1. The Hall–Kier alpha value is -3.35. The van der Waals surface area contributed by atoms with E-state index >= 15 is 0 Å². The molecule has 0 aromatic heterocycles. The number of allylic oxidation sites excluding steroid dienone is 6. The van der Waals surface area contributed by atoms with E-state index in [4.69, 9.17) is 16.6 Å². The summed E-state index contributed by atoms with van der Waals surface area (Å²) in [7, 11) is 1.70. The Bertz CT molecular complexity index is 874. The summed E-state index contributed by atoms with van der Waals surface area (Å²) in [5, 5.41) is 25.4. The van der Waals surface area contributed by atoms with Crippen molar-refractivity contribution in [1.29, 1.82) is 10.8 Å². The molecule has 0 saturated heterocycles. The van der Waals surface area contributed by atoms with Gasteiger partial charge in [0.1, 0.15) is 11.7 Å². The van der Waals surface area contributed by atoms with Gasteiger partial charge in [-0.1, -0.05) is 6.92 Å². The molecule has 7 heteroatoms. The minimum absolute atomic E-state index is 0.0540. The molecule has 0 unspecified atom stereocenters. The molecule has 7 N–H and O–H groups in total. The van der Waals surface area contributed by atoms with Crippen LogP contribution in [-0.2, 0) is 0 Å². The van der Waals surface area contributed by atoms with E-state index in [0.29, 0.717) is 5.82 Å². The van der Waals surface area contributed by atoms with E-state index in [-0.39, 0.29) is 11.3 Å². The summed E-state index contributed by atoms with van der Waals surface area (Å²) in [6.07, 6.45) is 16.1. The fourth-order valence-corrected chi connectivity index (χ4v) is 2.90. The third-order valence-corrected chi connectivity index (χ3v) is 4.86. The smallest absolute Gasteiger partial charge is 0.123 e. The van der Waals surface area contributed by atoms with Crippen molar-refractivity contribution < 1.29 is 0 Å². The Morgan fingerprint density at radius 2 is 2.11 bits per heavy atom. The molecule has 1 saturated carbocycles. The number of nitrogens with zero attached hydrogens (tertiary/aromatic N) is 1. The first-order valence-corrected chi connectivity index (χ1v) is 8.79. The van der Waals surface area contributed by atoms with Gasteiger partial charge in [0, 0.05) is 43.0 Å². The molecule has 27 heavy (non-hydrogen) atoms. The van der Waals surface area contributed by atoms with Gasteiger partial charge < -0.3 is 27.1 Å². The molecular formula is C20H25N7. The second-order valence-electron chi connectivity index (χ2n) is 6.94. The maximum absolute atomic E-state index is 8.21. The van der Waals surface area contributed by atoms with Gasteiger partial charge in [-0.05, 0) is 48.1 Å². The van der Waals surface area contributed by atoms with Crippen LogP contribution < -0.4 is 21.7 Å². The van der Waals surface area contributed by atoms with Crippen LogP contribution in [0, 0.1) is 16.2 Å². The summed E-state index contributed by atoms with van der Waals surface area (Å²) in [6, 6.07) is 0. The van der Waals surface area contributed by atoms with E-state index in [1.54, 1.807) is 19.3 Å². The number of aliphatic imine (C=N–C) groups is 1. The Kier molecular flexibility index (Phi) is 5.12. The van der Waals surface area contributed by atoms with E-state index in [0.717, 1.165) is 41.0 Å². The summed E-state index contributed by atoms with van der Waals surface area (Å²) >= 11 is 0. The summed E-state index contributed by atoms with van der Waals surface area (Å²) in [5.41, 5.74) is 10.2. The second-order valence-corrected chi connectivity index (χ2v) is 6.94. The van der Waals surface area contributed by atoms with Crippen molar-refractivity contribution in [2.45, 2.75) is 19.8 Å². The Morgan fingerprint density at radius 1 is 1.33 bits per heavy atom. The summed E-state index contributed by atoms with van der Waals surface area (Å²) in [6.45, 7) is 2.12. The molecule has 1 aliphatic carbocycles. The number of nitrogens with two attached hydrogens (primary N) is 1. The molecule has 2 heterocycles. The molecule has 0 aromatic rings. The van der Waals surface area contributed by atoms with Crippen LogP contribution in [0.5, 0.6) is 0 Å². The minimum Gasteiger partial charge on any atom is -0.404 e. The van der Waals surface area contributed by atoms with Crippen molar-refractivity contribution in [1.82, 2.24) is 16.0 Å². The van der Waals surface area contributed by atoms with Crippen molar-refractivity contribution >= 4 is 18.3 Å². The highest BCUT2D eigenvalue weighted by Crippen LogP contribution is 2.50. The molecule has 0 aromatic carbocycles. The van der Waals surface area contributed by atoms with Crippen LogP contribution in [0.15, 0.2) is 75.6 Å². The lowest BCUT2D eigenvalue weighted by atomic mass is 9.98. The van der Waals surface area contributed by atoms with Crippen LogP contribution in [0.1, 0.15) is 19.8 Å². The van der Waals surface area contributed by atoms with Crippen LogP contribution in [-0.4, -0.2) is 25.3 Å². The lowest BCUT2D eigenvalue weighted by molar-refractivity contribution is 0.723. The third-order valence-electron chi connectivity index (χ3n) is 4.86. The topological polar surface area (TPSA) is 122 Å². The number of dihydropyridines is 2. The van der Waals surface area contributed by atoms with Gasteiger partial charge in [0.05, 0.1) is 11.4 Å². The van der Waals surface area contributed by atoms with Crippen LogP contribution >= 0.6 is 0 Å². The highest BCUT2D eigenvalue weighted by Gasteiger charge is 2.40. The molecule has 0 atom stereocenters. The SMILES string of the molecule is CN=CC(=CN)C1=CNC2=CC=C(NC(=N)C=C(C=N)C3(C)CC3)NC2=C1. The average Bonchev–Trinajstić information content (AvgIpc) is 3.42. The van der Waals surface area contributed by atoms with E-state index in [9.17, 15) is 0 Å². The van der Waals surface area contributed by atoms with Crippen LogP contribution in [0.2, 0.25) is 0 Å². The normalized spacial score (nSPS) is 21.0. The predicted octanol–water partition coefficient (Wildman–Crippen LogP) is 2.17. The second kappa shape index (κ2) is 7.49. The van der Waals surface area contributed by atoms with E-state index in [1.165, 1.54) is 12.4 Å². The largest absolute Gasteiger partial charge is 0.404 e. The van der Waals surface area contributed by atoms with Gasteiger partial charge >= 0.3 is 0 Å². The van der Waals surface area contributed by atoms with Crippen LogP contribution in [0.3, 0.4) is 0 Å². The lowest BCUT2D eigenvalue weighted by Crippen LogP contribution is -2.34. The minimum atomic E-state index is 0.0540. The number of fused-ring (bicyclic) bond motifs is 1. The first-order chi connectivity index (χ1) is 13.0. The molecule has 2 aliphatic heterocycles. The zero-order valence-corrected chi connectivity index (χ0v) is 15.6. The molecule has 3 rings (SSSR count). The standard InChI is InChI=1S/C20H25N7/c1-20(5-6-20)15(10-22)8-18(23)27-19-4-3-16-17(26-19)7-13(12-25-16)14(9-21)11-24-2/h3-4,7-12,22,25-26H,5-6,21H2,1-2H3,(H2,23,27). The van der Waals surface area contributed by atoms with Crippen LogP contribution in [0.4, 0.5) is 0 Å². The van der Waals surface area contributed by atoms with Gasteiger partial charge in [-0.2, -0.15) is 0 Å². The van der Waals surface area contributed by atoms with Crippen molar-refractivity contribution in [2.24, 2.45) is 16.1 Å². The monoisotopic (exact) mass is 363 g/mol. The van der Waals surface area contributed by atoms with E-state index < -0.39 is 0 Å². The molecular weight excluding hydrogens is 338 g/mol. The Morgan fingerprint density at radius 3 is 2.74 bits per heavy atom. The fourth-order valence-electron chi connectivity index (χ4n) is 2.90. The van der Waals surface area contributed by atoms with Crippen molar-refractivity contribution in [2.75, 3.05) is 7.05 Å². The third kappa shape index (κ3) is 4.08. The maximum atomic E-state index is 8.21. The van der Waals surface area contributed by atoms with Crippen molar-refractivity contribution in [3.05, 3.63) is 70.6 Å². The van der Waals surface area contributed by atoms with Crippen LogP contribution in [0.25, 0.3) is 0 Å². The van der Waals surface area contributed by atoms with Crippen molar-refractivity contribution in [3.63, 3.8) is 0 Å². The van der Waals surface area contributed by atoms with E-state index in [1.807, 2.05) is 24.4 Å². The fraction of sp³-hybridized carbons (Fsp3) is 0.250. The van der Waals surface area contributed by atoms with Crippen molar-refractivity contribution in [3.8, 4) is 0 Å². The summed E-state index contributed by atoms with van der Waals surface area (Å²) in [4.78, 5) is 4.02. The number of nitrogens with one attached hydrogen (secondary N) is 5. The number of amidine groups is 1. The zero-order chi connectivity index (χ0) is 19.4. The number of hydrogen-bond donors (Lipinski definition) is 6. The number of hydrogen-bond acceptors (Lipinski definition) is 6. The highest BCUT2D eigenvalue weighted by molar-refractivity contribution is 5.97. The van der Waals surface area contributed by atoms with Gasteiger partial charge in [-0.25, -0.2) is 0 Å². The lowest BCUT2D eigenvalue weighted by Gasteiger charge is -2.25. The molecule has 1 fully saturated rings. The first-order valence-electron chi connectivity index (χ1n) is 8.79. The maximum Gasteiger partial charge on any atom is 0.123 e. The Labute approximate surface area is 159 Å². The molecule has 0 bridgehead atoms. The molecule has 140 valence electrons.